The summed E-state index contributed by atoms with van der Waals surface area (Å²) in [5.74, 6) is 0.403. The standard InChI is InChI=1S/C17H32N4O2/c1-14(2)17(23)18-15-4-8-21(9-5-15)16(22)6-7-20-12-10-19(3)11-13-20/h14-15H,4-13H2,1-3H3,(H,18,23). The number of carbonyl (C=O) groups is 2. The minimum atomic E-state index is 0.0262. The van der Waals surface area contributed by atoms with Crippen LogP contribution in [0.2, 0.25) is 0 Å². The van der Waals surface area contributed by atoms with Gasteiger partial charge in [0.2, 0.25) is 11.8 Å². The molecule has 132 valence electrons. The molecule has 2 rings (SSSR count). The van der Waals surface area contributed by atoms with E-state index in [1.165, 1.54) is 0 Å². The van der Waals surface area contributed by atoms with Crippen LogP contribution >= 0.6 is 0 Å². The molecular formula is C17H32N4O2. The van der Waals surface area contributed by atoms with Crippen molar-refractivity contribution in [1.82, 2.24) is 20.0 Å². The molecule has 2 amide bonds. The van der Waals surface area contributed by atoms with E-state index in [0.717, 1.165) is 58.7 Å². The van der Waals surface area contributed by atoms with Crippen molar-refractivity contribution in [3.05, 3.63) is 0 Å². The topological polar surface area (TPSA) is 55.9 Å². The lowest BCUT2D eigenvalue weighted by atomic mass is 10.0. The third kappa shape index (κ3) is 5.77. The smallest absolute Gasteiger partial charge is 0.223 e. The van der Waals surface area contributed by atoms with Gasteiger partial charge in [0.05, 0.1) is 0 Å². The molecule has 0 spiro atoms. The number of nitrogens with zero attached hydrogens (tertiary/aromatic N) is 3. The molecule has 0 aromatic heterocycles. The zero-order valence-electron chi connectivity index (χ0n) is 14.9. The maximum absolute atomic E-state index is 12.3. The highest BCUT2D eigenvalue weighted by Crippen LogP contribution is 2.13. The highest BCUT2D eigenvalue weighted by atomic mass is 16.2. The molecule has 0 radical (unpaired) electrons. The molecule has 0 unspecified atom stereocenters. The van der Waals surface area contributed by atoms with Gasteiger partial charge in [0, 0.05) is 64.2 Å². The zero-order valence-corrected chi connectivity index (χ0v) is 14.9. The number of hydrogen-bond donors (Lipinski definition) is 1. The fourth-order valence-electron chi connectivity index (χ4n) is 3.12. The van der Waals surface area contributed by atoms with Crippen LogP contribution in [0.15, 0.2) is 0 Å². The van der Waals surface area contributed by atoms with Gasteiger partial charge in [-0.25, -0.2) is 0 Å². The second kappa shape index (κ2) is 8.64. The average molecular weight is 324 g/mol. The summed E-state index contributed by atoms with van der Waals surface area (Å²) in [4.78, 5) is 30.7. The van der Waals surface area contributed by atoms with Crippen molar-refractivity contribution in [2.75, 3.05) is 52.9 Å². The van der Waals surface area contributed by atoms with Crippen LogP contribution in [0.4, 0.5) is 0 Å². The largest absolute Gasteiger partial charge is 0.353 e. The van der Waals surface area contributed by atoms with Crippen LogP contribution in [0.5, 0.6) is 0 Å². The first-order valence-electron chi connectivity index (χ1n) is 8.94. The third-order valence-corrected chi connectivity index (χ3v) is 4.96. The van der Waals surface area contributed by atoms with Crippen molar-refractivity contribution in [3.8, 4) is 0 Å². The van der Waals surface area contributed by atoms with Crippen LogP contribution in [0, 0.1) is 5.92 Å². The molecule has 2 aliphatic rings. The van der Waals surface area contributed by atoms with Gasteiger partial charge in [0.25, 0.3) is 0 Å². The summed E-state index contributed by atoms with van der Waals surface area (Å²) in [6, 6.07) is 0.228. The summed E-state index contributed by atoms with van der Waals surface area (Å²) >= 11 is 0. The molecule has 0 atom stereocenters. The van der Waals surface area contributed by atoms with Crippen molar-refractivity contribution in [1.29, 1.82) is 0 Å². The van der Waals surface area contributed by atoms with E-state index >= 15 is 0 Å². The number of rotatable bonds is 5. The molecular weight excluding hydrogens is 292 g/mol. The highest BCUT2D eigenvalue weighted by molar-refractivity contribution is 5.78. The van der Waals surface area contributed by atoms with Crippen molar-refractivity contribution in [3.63, 3.8) is 0 Å². The van der Waals surface area contributed by atoms with E-state index in [2.05, 4.69) is 22.2 Å². The van der Waals surface area contributed by atoms with E-state index in [-0.39, 0.29) is 23.8 Å². The number of hydrogen-bond acceptors (Lipinski definition) is 4. The number of piperazine rings is 1. The third-order valence-electron chi connectivity index (χ3n) is 4.96. The lowest BCUT2D eigenvalue weighted by Crippen LogP contribution is -2.48. The molecule has 0 aromatic carbocycles. The summed E-state index contributed by atoms with van der Waals surface area (Å²) in [6.07, 6.45) is 2.37. The molecule has 0 saturated carbocycles. The van der Waals surface area contributed by atoms with Gasteiger partial charge in [-0.3, -0.25) is 9.59 Å². The fraction of sp³-hybridized carbons (Fsp3) is 0.882. The summed E-state index contributed by atoms with van der Waals surface area (Å²) < 4.78 is 0. The Morgan fingerprint density at radius 2 is 1.65 bits per heavy atom. The number of piperidine rings is 1. The maximum atomic E-state index is 12.3. The lowest BCUT2D eigenvalue weighted by molar-refractivity contribution is -0.133. The minimum Gasteiger partial charge on any atom is -0.353 e. The molecule has 2 fully saturated rings. The van der Waals surface area contributed by atoms with E-state index in [1.807, 2.05) is 18.7 Å². The van der Waals surface area contributed by atoms with Gasteiger partial charge in [0.1, 0.15) is 0 Å². The van der Waals surface area contributed by atoms with Gasteiger partial charge in [0.15, 0.2) is 0 Å². The molecule has 0 aromatic rings. The van der Waals surface area contributed by atoms with Gasteiger partial charge in [-0.1, -0.05) is 13.8 Å². The van der Waals surface area contributed by atoms with Gasteiger partial charge in [-0.2, -0.15) is 0 Å². The molecule has 2 saturated heterocycles. The number of likely N-dealkylation sites (N-methyl/N-ethyl adjacent to an activating group) is 1. The predicted molar refractivity (Wildman–Crippen MR) is 91.1 cm³/mol. The Bertz CT molecular complexity index is 397. The Labute approximate surface area is 140 Å². The van der Waals surface area contributed by atoms with Gasteiger partial charge in [-0.05, 0) is 19.9 Å². The molecule has 2 heterocycles. The minimum absolute atomic E-state index is 0.0262. The van der Waals surface area contributed by atoms with E-state index < -0.39 is 0 Å². The SMILES string of the molecule is CC(C)C(=O)NC1CCN(C(=O)CCN2CCN(C)CC2)CC1. The van der Waals surface area contributed by atoms with Crippen LogP contribution in [0.1, 0.15) is 33.1 Å². The van der Waals surface area contributed by atoms with E-state index in [0.29, 0.717) is 6.42 Å². The highest BCUT2D eigenvalue weighted by Gasteiger charge is 2.24. The normalized spacial score (nSPS) is 21.7. The number of nitrogens with one attached hydrogen (secondary N) is 1. The molecule has 0 aliphatic carbocycles. The van der Waals surface area contributed by atoms with Gasteiger partial charge < -0.3 is 20.0 Å². The van der Waals surface area contributed by atoms with E-state index in [9.17, 15) is 9.59 Å². The molecule has 6 heteroatoms. The Hall–Kier alpha value is -1.14. The number of likely N-dealkylation sites (tertiary alicyclic amines) is 1. The molecule has 0 bridgehead atoms. The van der Waals surface area contributed by atoms with Crippen LogP contribution in [-0.4, -0.2) is 85.4 Å². The van der Waals surface area contributed by atoms with E-state index in [4.69, 9.17) is 0 Å². The summed E-state index contributed by atoms with van der Waals surface area (Å²) in [5, 5.41) is 3.08. The van der Waals surface area contributed by atoms with Crippen LogP contribution in [0.3, 0.4) is 0 Å². The van der Waals surface area contributed by atoms with Crippen LogP contribution < -0.4 is 5.32 Å². The van der Waals surface area contributed by atoms with Crippen LogP contribution in [0.25, 0.3) is 0 Å². The Morgan fingerprint density at radius 1 is 1.04 bits per heavy atom. The monoisotopic (exact) mass is 324 g/mol. The van der Waals surface area contributed by atoms with Crippen molar-refractivity contribution >= 4 is 11.8 Å². The average Bonchev–Trinajstić information content (AvgIpc) is 2.54. The Morgan fingerprint density at radius 3 is 2.22 bits per heavy atom. The van der Waals surface area contributed by atoms with Crippen molar-refractivity contribution < 1.29 is 9.59 Å². The number of carbonyl (C=O) groups excluding carboxylic acids is 2. The first-order valence-corrected chi connectivity index (χ1v) is 8.94. The first kappa shape index (κ1) is 18.2. The van der Waals surface area contributed by atoms with Gasteiger partial charge in [-0.15, -0.1) is 0 Å². The van der Waals surface area contributed by atoms with Crippen molar-refractivity contribution in [2.45, 2.75) is 39.2 Å². The van der Waals surface area contributed by atoms with Crippen LogP contribution in [-0.2, 0) is 9.59 Å². The Balaban J connectivity index is 1.64. The molecule has 2 aliphatic heterocycles. The Kier molecular flexibility index (Phi) is 6.84. The van der Waals surface area contributed by atoms with E-state index in [1.54, 1.807) is 0 Å². The second-order valence-electron chi connectivity index (χ2n) is 7.21. The first-order chi connectivity index (χ1) is 11.0. The molecule has 6 nitrogen and oxygen atoms in total. The summed E-state index contributed by atoms with van der Waals surface area (Å²) in [6.45, 7) is 10.5. The second-order valence-corrected chi connectivity index (χ2v) is 7.21. The molecule has 1 N–H and O–H groups in total. The maximum Gasteiger partial charge on any atom is 0.223 e. The van der Waals surface area contributed by atoms with Gasteiger partial charge >= 0.3 is 0 Å². The summed E-state index contributed by atoms with van der Waals surface area (Å²) in [7, 11) is 2.14. The summed E-state index contributed by atoms with van der Waals surface area (Å²) in [5.41, 5.74) is 0. The molecule has 23 heavy (non-hydrogen) atoms. The fourth-order valence-corrected chi connectivity index (χ4v) is 3.12. The lowest BCUT2D eigenvalue weighted by Gasteiger charge is -2.35. The number of amides is 2. The van der Waals surface area contributed by atoms with Crippen molar-refractivity contribution in [2.24, 2.45) is 5.92 Å². The quantitative estimate of drug-likeness (QED) is 0.795. The predicted octanol–water partition coefficient (Wildman–Crippen LogP) is 0.387. The zero-order chi connectivity index (χ0) is 16.8.